The summed E-state index contributed by atoms with van der Waals surface area (Å²) in [6.45, 7) is 3.57. The molecule has 6 heteroatoms. The Morgan fingerprint density at radius 1 is 1.30 bits per heavy atom. The van der Waals surface area contributed by atoms with Crippen molar-refractivity contribution in [1.82, 2.24) is 9.80 Å². The van der Waals surface area contributed by atoms with E-state index in [1.807, 2.05) is 0 Å². The number of anilines is 1. The number of hydrogen-bond donors (Lipinski definition) is 2. The lowest BCUT2D eigenvalue weighted by Crippen LogP contribution is -2.36. The molecule has 2 rings (SSSR count). The van der Waals surface area contributed by atoms with Gasteiger partial charge in [-0.2, -0.15) is 0 Å². The summed E-state index contributed by atoms with van der Waals surface area (Å²) in [7, 11) is 0. The van der Waals surface area contributed by atoms with Gasteiger partial charge in [0.2, 0.25) is 0 Å². The number of amides is 1. The van der Waals surface area contributed by atoms with Gasteiger partial charge in [0.1, 0.15) is 5.82 Å². The van der Waals surface area contributed by atoms with Gasteiger partial charge in [0.15, 0.2) is 0 Å². The van der Waals surface area contributed by atoms with Crippen molar-refractivity contribution >= 4 is 11.6 Å². The predicted molar refractivity (Wildman–Crippen MR) is 74.9 cm³/mol. The van der Waals surface area contributed by atoms with Crippen molar-refractivity contribution in [1.29, 1.82) is 0 Å². The van der Waals surface area contributed by atoms with E-state index >= 15 is 0 Å². The van der Waals surface area contributed by atoms with E-state index in [0.29, 0.717) is 25.2 Å². The van der Waals surface area contributed by atoms with Gasteiger partial charge in [-0.25, -0.2) is 4.39 Å². The van der Waals surface area contributed by atoms with Gasteiger partial charge in [-0.3, -0.25) is 9.69 Å². The number of β-amino-alcohol motifs (C(OH)–C–C–N with tert-alkyl or cyclic N) is 1. The van der Waals surface area contributed by atoms with Crippen LogP contribution in [0, 0.1) is 5.82 Å². The molecular formula is C14H20FN3O2. The summed E-state index contributed by atoms with van der Waals surface area (Å²) in [4.78, 5) is 16.2. The first-order valence-corrected chi connectivity index (χ1v) is 6.79. The molecule has 0 bridgehead atoms. The summed E-state index contributed by atoms with van der Waals surface area (Å²) < 4.78 is 13.4. The van der Waals surface area contributed by atoms with Gasteiger partial charge >= 0.3 is 0 Å². The largest absolute Gasteiger partial charge is 0.396 e. The first kappa shape index (κ1) is 14.7. The Morgan fingerprint density at radius 3 is 2.80 bits per heavy atom. The molecule has 0 spiro atoms. The van der Waals surface area contributed by atoms with E-state index < -0.39 is 5.82 Å². The van der Waals surface area contributed by atoms with Crippen LogP contribution in [0.1, 0.15) is 16.8 Å². The fraction of sp³-hybridized carbons (Fsp3) is 0.500. The van der Waals surface area contributed by atoms with Crippen molar-refractivity contribution in [3.63, 3.8) is 0 Å². The standard InChI is InChI=1S/C14H20FN3O2/c15-12-10-11(2-3-13(12)16)14(20)18-5-1-4-17(6-7-18)8-9-19/h2-3,10,19H,1,4-9,16H2. The molecule has 1 heterocycles. The van der Waals surface area contributed by atoms with Crippen molar-refractivity contribution in [3.05, 3.63) is 29.6 Å². The van der Waals surface area contributed by atoms with Crippen LogP contribution < -0.4 is 5.73 Å². The minimum Gasteiger partial charge on any atom is -0.396 e. The monoisotopic (exact) mass is 281 g/mol. The molecule has 3 N–H and O–H groups in total. The van der Waals surface area contributed by atoms with Crippen LogP contribution in [0.3, 0.4) is 0 Å². The van der Waals surface area contributed by atoms with E-state index in [-0.39, 0.29) is 18.2 Å². The van der Waals surface area contributed by atoms with Gasteiger partial charge in [-0.15, -0.1) is 0 Å². The molecular weight excluding hydrogens is 261 g/mol. The molecule has 5 nitrogen and oxygen atoms in total. The van der Waals surface area contributed by atoms with Crippen molar-refractivity contribution in [2.24, 2.45) is 0 Å². The maximum Gasteiger partial charge on any atom is 0.254 e. The number of aliphatic hydroxyl groups excluding tert-OH is 1. The molecule has 0 aromatic heterocycles. The van der Waals surface area contributed by atoms with Crippen LogP contribution in [-0.4, -0.2) is 60.1 Å². The first-order valence-electron chi connectivity index (χ1n) is 6.79. The summed E-state index contributed by atoms with van der Waals surface area (Å²) in [6.07, 6.45) is 0.850. The van der Waals surface area contributed by atoms with E-state index in [2.05, 4.69) is 4.90 Å². The number of halogens is 1. The maximum absolute atomic E-state index is 13.4. The third kappa shape index (κ3) is 3.46. The summed E-state index contributed by atoms with van der Waals surface area (Å²) in [5, 5.41) is 8.94. The minimum atomic E-state index is -0.562. The number of benzene rings is 1. The molecule has 0 unspecified atom stereocenters. The van der Waals surface area contributed by atoms with Crippen molar-refractivity contribution in [2.75, 3.05) is 45.1 Å². The smallest absolute Gasteiger partial charge is 0.254 e. The van der Waals surface area contributed by atoms with E-state index in [0.717, 1.165) is 19.5 Å². The van der Waals surface area contributed by atoms with Crippen LogP contribution in [0.25, 0.3) is 0 Å². The van der Waals surface area contributed by atoms with Crippen LogP contribution in [0.15, 0.2) is 18.2 Å². The quantitative estimate of drug-likeness (QED) is 0.794. The molecule has 1 saturated heterocycles. The van der Waals surface area contributed by atoms with Gasteiger partial charge in [-0.1, -0.05) is 0 Å². The van der Waals surface area contributed by atoms with Crippen LogP contribution in [0.2, 0.25) is 0 Å². The fourth-order valence-electron chi connectivity index (χ4n) is 2.38. The van der Waals surface area contributed by atoms with Gasteiger partial charge in [0, 0.05) is 31.7 Å². The van der Waals surface area contributed by atoms with E-state index in [1.165, 1.54) is 12.1 Å². The van der Waals surface area contributed by atoms with Gasteiger partial charge in [0.05, 0.1) is 12.3 Å². The molecule has 0 saturated carbocycles. The average Bonchev–Trinajstić information content (AvgIpc) is 2.67. The van der Waals surface area contributed by atoms with E-state index in [4.69, 9.17) is 10.8 Å². The molecule has 0 atom stereocenters. The van der Waals surface area contributed by atoms with Gasteiger partial charge in [-0.05, 0) is 31.2 Å². The Kier molecular flexibility index (Phi) is 4.92. The molecule has 1 aliphatic heterocycles. The topological polar surface area (TPSA) is 69.8 Å². The highest BCUT2D eigenvalue weighted by molar-refractivity contribution is 5.94. The van der Waals surface area contributed by atoms with Crippen molar-refractivity contribution < 1.29 is 14.3 Å². The number of hydrogen-bond acceptors (Lipinski definition) is 4. The average molecular weight is 281 g/mol. The Hall–Kier alpha value is -1.66. The zero-order valence-corrected chi connectivity index (χ0v) is 11.4. The molecule has 1 fully saturated rings. The van der Waals surface area contributed by atoms with Gasteiger partial charge < -0.3 is 15.7 Å². The Balaban J connectivity index is 2.03. The minimum absolute atomic E-state index is 0.0477. The SMILES string of the molecule is Nc1ccc(C(=O)N2CCCN(CCO)CC2)cc1F. The second kappa shape index (κ2) is 6.67. The van der Waals surface area contributed by atoms with Crippen molar-refractivity contribution in [2.45, 2.75) is 6.42 Å². The molecule has 0 aliphatic carbocycles. The predicted octanol–water partition coefficient (Wildman–Crippen LogP) is 0.548. The number of nitrogens with two attached hydrogens (primary N) is 1. The number of aliphatic hydroxyl groups is 1. The normalized spacial score (nSPS) is 17.0. The number of nitrogen functional groups attached to an aromatic ring is 1. The second-order valence-corrected chi connectivity index (χ2v) is 4.95. The highest BCUT2D eigenvalue weighted by Gasteiger charge is 2.20. The fourth-order valence-corrected chi connectivity index (χ4v) is 2.38. The molecule has 1 aromatic carbocycles. The molecule has 1 aromatic rings. The molecule has 110 valence electrons. The summed E-state index contributed by atoms with van der Waals surface area (Å²) >= 11 is 0. The summed E-state index contributed by atoms with van der Waals surface area (Å²) in [6, 6.07) is 4.16. The first-order chi connectivity index (χ1) is 9.61. The number of rotatable bonds is 3. The maximum atomic E-state index is 13.4. The Labute approximate surface area is 117 Å². The summed E-state index contributed by atoms with van der Waals surface area (Å²) in [5.74, 6) is -0.734. The lowest BCUT2D eigenvalue weighted by molar-refractivity contribution is 0.0760. The second-order valence-electron chi connectivity index (χ2n) is 4.95. The highest BCUT2D eigenvalue weighted by Crippen LogP contribution is 2.15. The third-order valence-corrected chi connectivity index (χ3v) is 3.54. The Morgan fingerprint density at radius 2 is 2.10 bits per heavy atom. The van der Waals surface area contributed by atoms with E-state index in [9.17, 15) is 9.18 Å². The zero-order chi connectivity index (χ0) is 14.5. The van der Waals surface area contributed by atoms with Crippen LogP contribution in [0.4, 0.5) is 10.1 Å². The number of carbonyl (C=O) groups excluding carboxylic acids is 1. The van der Waals surface area contributed by atoms with Crippen LogP contribution in [0.5, 0.6) is 0 Å². The van der Waals surface area contributed by atoms with Crippen LogP contribution >= 0.6 is 0 Å². The molecule has 1 amide bonds. The highest BCUT2D eigenvalue weighted by atomic mass is 19.1. The summed E-state index contributed by atoms with van der Waals surface area (Å²) in [5.41, 5.74) is 5.79. The Bertz CT molecular complexity index is 481. The molecule has 20 heavy (non-hydrogen) atoms. The molecule has 0 radical (unpaired) electrons. The van der Waals surface area contributed by atoms with E-state index in [1.54, 1.807) is 11.0 Å². The van der Waals surface area contributed by atoms with Crippen molar-refractivity contribution in [3.8, 4) is 0 Å². The van der Waals surface area contributed by atoms with Gasteiger partial charge in [0.25, 0.3) is 5.91 Å². The lowest BCUT2D eigenvalue weighted by atomic mass is 10.1. The zero-order valence-electron chi connectivity index (χ0n) is 11.4. The lowest BCUT2D eigenvalue weighted by Gasteiger charge is -2.21. The number of carbonyl (C=O) groups is 1. The third-order valence-electron chi connectivity index (χ3n) is 3.54. The van der Waals surface area contributed by atoms with Crippen LogP contribution in [-0.2, 0) is 0 Å². The number of nitrogens with zero attached hydrogens (tertiary/aromatic N) is 2. The molecule has 1 aliphatic rings.